The van der Waals surface area contributed by atoms with Crippen LogP contribution in [-0.2, 0) is 6.54 Å². The van der Waals surface area contributed by atoms with Crippen molar-refractivity contribution < 1.29 is 19.3 Å². The zero-order valence-electron chi connectivity index (χ0n) is 19.0. The van der Waals surface area contributed by atoms with Crippen LogP contribution in [0.1, 0.15) is 18.9 Å². The highest BCUT2D eigenvalue weighted by Gasteiger charge is 2.15. The summed E-state index contributed by atoms with van der Waals surface area (Å²) in [7, 11) is 3.12. The summed E-state index contributed by atoms with van der Waals surface area (Å²) in [5.41, 5.74) is 1.79. The van der Waals surface area contributed by atoms with Crippen LogP contribution in [0.15, 0.2) is 47.3 Å². The van der Waals surface area contributed by atoms with Crippen molar-refractivity contribution in [2.24, 2.45) is 0 Å². The molecule has 0 unspecified atom stereocenters. The average molecular weight is 472 g/mol. The summed E-state index contributed by atoms with van der Waals surface area (Å²) in [6.07, 6.45) is 0.515. The summed E-state index contributed by atoms with van der Waals surface area (Å²) in [6.45, 7) is 3.32. The first-order valence-corrected chi connectivity index (χ1v) is 11.1. The normalized spacial score (nSPS) is 10.7. The fraction of sp³-hybridized carbons (Fsp3) is 0.333. The summed E-state index contributed by atoms with van der Waals surface area (Å²) in [5, 5.41) is 13.8. The molecular formula is C24H29N3O5S. The maximum absolute atomic E-state index is 12.8. The fourth-order valence-electron chi connectivity index (χ4n) is 3.42. The molecule has 9 heteroatoms. The Kier molecular flexibility index (Phi) is 8.51. The number of ether oxygens (including phenoxy) is 3. The van der Waals surface area contributed by atoms with Crippen LogP contribution in [0.2, 0.25) is 0 Å². The molecule has 0 aliphatic carbocycles. The highest BCUT2D eigenvalue weighted by Crippen LogP contribution is 2.31. The molecule has 3 N–H and O–H groups in total. The Hall–Kier alpha value is -3.30. The van der Waals surface area contributed by atoms with Gasteiger partial charge in [0.15, 0.2) is 16.6 Å². The van der Waals surface area contributed by atoms with Gasteiger partial charge in [-0.15, -0.1) is 0 Å². The molecule has 0 radical (unpaired) electrons. The molecule has 0 aliphatic rings. The fourth-order valence-corrected chi connectivity index (χ4v) is 3.69. The quantitative estimate of drug-likeness (QED) is 0.387. The van der Waals surface area contributed by atoms with Crippen LogP contribution >= 0.6 is 12.2 Å². The zero-order chi connectivity index (χ0) is 23.8. The number of aliphatic hydroxyl groups excluding tert-OH is 1. The number of H-pyrrole nitrogens is 1. The smallest absolute Gasteiger partial charge is 0.253 e. The van der Waals surface area contributed by atoms with Gasteiger partial charge in [0.05, 0.1) is 32.9 Å². The molecule has 3 aromatic rings. The van der Waals surface area contributed by atoms with Gasteiger partial charge in [0.25, 0.3) is 5.56 Å². The van der Waals surface area contributed by atoms with Gasteiger partial charge in [-0.05, 0) is 62.0 Å². The van der Waals surface area contributed by atoms with Gasteiger partial charge in [-0.3, -0.25) is 4.79 Å². The van der Waals surface area contributed by atoms with Crippen LogP contribution in [0.4, 0.5) is 5.69 Å². The number of nitrogens with zero attached hydrogens (tertiary/aromatic N) is 1. The van der Waals surface area contributed by atoms with Gasteiger partial charge < -0.3 is 34.5 Å². The molecule has 0 atom stereocenters. The number of rotatable bonds is 10. The van der Waals surface area contributed by atoms with Crippen LogP contribution in [0.5, 0.6) is 17.2 Å². The summed E-state index contributed by atoms with van der Waals surface area (Å²) in [6, 6.07) is 12.9. The first kappa shape index (κ1) is 24.3. The van der Waals surface area contributed by atoms with Crippen molar-refractivity contribution in [2.45, 2.75) is 19.9 Å². The number of nitrogens with one attached hydrogen (secondary N) is 2. The Labute approximate surface area is 198 Å². The predicted molar refractivity (Wildman–Crippen MR) is 134 cm³/mol. The minimum Gasteiger partial charge on any atom is -0.494 e. The number of hydrogen-bond acceptors (Lipinski definition) is 6. The standard InChI is InChI=1S/C24H29N3O5S/c1-4-32-19-8-6-18(7-9-19)25-24(33)27(10-5-11-28)15-17-12-16-13-21(30-2)22(31-3)14-20(16)26-23(17)29/h6-9,12-14,28H,4-5,10-11,15H2,1-3H3,(H,25,33)(H,26,29). The maximum Gasteiger partial charge on any atom is 0.253 e. The lowest BCUT2D eigenvalue weighted by Gasteiger charge is -2.26. The Bertz CT molecular complexity index is 1150. The minimum atomic E-state index is -0.215. The SMILES string of the molecule is CCOc1ccc(NC(=S)N(CCCO)Cc2cc3cc(OC)c(OC)cc3[nH]c2=O)cc1. The highest BCUT2D eigenvalue weighted by molar-refractivity contribution is 7.80. The highest BCUT2D eigenvalue weighted by atomic mass is 32.1. The van der Waals surface area contributed by atoms with E-state index in [0.29, 0.717) is 47.3 Å². The largest absolute Gasteiger partial charge is 0.494 e. The molecule has 3 rings (SSSR count). The molecule has 0 saturated heterocycles. The van der Waals surface area contributed by atoms with E-state index in [0.717, 1.165) is 16.8 Å². The summed E-state index contributed by atoms with van der Waals surface area (Å²) >= 11 is 5.62. The Morgan fingerprint density at radius 3 is 2.45 bits per heavy atom. The van der Waals surface area contributed by atoms with Gasteiger partial charge in [-0.25, -0.2) is 0 Å². The van der Waals surface area contributed by atoms with Crippen molar-refractivity contribution in [3.63, 3.8) is 0 Å². The molecule has 0 amide bonds. The first-order chi connectivity index (χ1) is 16.0. The van der Waals surface area contributed by atoms with E-state index in [4.69, 9.17) is 26.4 Å². The van der Waals surface area contributed by atoms with Crippen molar-refractivity contribution in [3.8, 4) is 17.2 Å². The molecule has 176 valence electrons. The number of benzene rings is 2. The van der Waals surface area contributed by atoms with Gasteiger partial charge in [0.1, 0.15) is 5.75 Å². The van der Waals surface area contributed by atoms with E-state index in [2.05, 4.69) is 10.3 Å². The maximum atomic E-state index is 12.8. The second-order valence-corrected chi connectivity index (χ2v) is 7.69. The molecular weight excluding hydrogens is 442 g/mol. The Morgan fingerprint density at radius 2 is 1.82 bits per heavy atom. The number of fused-ring (bicyclic) bond motifs is 1. The third-order valence-corrected chi connectivity index (χ3v) is 5.44. The molecule has 1 heterocycles. The third-order valence-electron chi connectivity index (χ3n) is 5.08. The lowest BCUT2D eigenvalue weighted by molar-refractivity contribution is 0.265. The lowest BCUT2D eigenvalue weighted by atomic mass is 10.1. The topological polar surface area (TPSA) is 96.1 Å². The van der Waals surface area contributed by atoms with Gasteiger partial charge in [0.2, 0.25) is 0 Å². The second kappa shape index (κ2) is 11.5. The number of thiocarbonyl (C=S) groups is 1. The van der Waals surface area contributed by atoms with Crippen LogP contribution in [0.3, 0.4) is 0 Å². The summed E-state index contributed by atoms with van der Waals surface area (Å²) in [4.78, 5) is 17.6. The minimum absolute atomic E-state index is 0.0211. The van der Waals surface area contributed by atoms with E-state index >= 15 is 0 Å². The Morgan fingerprint density at radius 1 is 1.12 bits per heavy atom. The van der Waals surface area contributed by atoms with Crippen molar-refractivity contribution in [3.05, 3.63) is 58.4 Å². The number of aliphatic hydroxyl groups is 1. The predicted octanol–water partition coefficient (Wildman–Crippen LogP) is 3.53. The van der Waals surface area contributed by atoms with E-state index in [9.17, 15) is 9.90 Å². The third kappa shape index (κ3) is 6.15. The number of hydrogen-bond donors (Lipinski definition) is 3. The van der Waals surface area contributed by atoms with E-state index in [1.165, 1.54) is 0 Å². The van der Waals surface area contributed by atoms with E-state index in [1.54, 1.807) is 20.3 Å². The van der Waals surface area contributed by atoms with Gasteiger partial charge in [0, 0.05) is 35.9 Å². The molecule has 0 saturated carbocycles. The van der Waals surface area contributed by atoms with Crippen LogP contribution in [0, 0.1) is 0 Å². The molecule has 8 nitrogen and oxygen atoms in total. The zero-order valence-corrected chi connectivity index (χ0v) is 19.8. The number of aromatic nitrogens is 1. The number of methoxy groups -OCH3 is 2. The van der Waals surface area contributed by atoms with Crippen molar-refractivity contribution in [1.29, 1.82) is 0 Å². The number of pyridine rings is 1. The van der Waals surface area contributed by atoms with E-state index in [-0.39, 0.29) is 18.7 Å². The molecule has 2 aromatic carbocycles. The Balaban J connectivity index is 1.84. The lowest BCUT2D eigenvalue weighted by Crippen LogP contribution is -2.37. The molecule has 0 bridgehead atoms. The average Bonchev–Trinajstić information content (AvgIpc) is 2.82. The van der Waals surface area contributed by atoms with E-state index in [1.807, 2.05) is 48.2 Å². The van der Waals surface area contributed by atoms with Gasteiger partial charge in [-0.1, -0.05) is 0 Å². The second-order valence-electron chi connectivity index (χ2n) is 7.30. The molecule has 0 aliphatic heterocycles. The van der Waals surface area contributed by atoms with Crippen molar-refractivity contribution in [1.82, 2.24) is 9.88 Å². The van der Waals surface area contributed by atoms with E-state index < -0.39 is 0 Å². The van der Waals surface area contributed by atoms with Crippen molar-refractivity contribution in [2.75, 3.05) is 39.3 Å². The summed E-state index contributed by atoms with van der Waals surface area (Å²) < 4.78 is 16.2. The summed E-state index contributed by atoms with van der Waals surface area (Å²) in [5.74, 6) is 1.90. The number of aromatic amines is 1. The van der Waals surface area contributed by atoms with Crippen molar-refractivity contribution >= 4 is 33.9 Å². The molecule has 0 spiro atoms. The monoisotopic (exact) mass is 471 g/mol. The molecule has 33 heavy (non-hydrogen) atoms. The van der Waals surface area contributed by atoms with Gasteiger partial charge in [-0.2, -0.15) is 0 Å². The first-order valence-electron chi connectivity index (χ1n) is 10.7. The van der Waals surface area contributed by atoms with Crippen LogP contribution < -0.4 is 25.1 Å². The van der Waals surface area contributed by atoms with Crippen LogP contribution in [0.25, 0.3) is 10.9 Å². The molecule has 0 fully saturated rings. The number of anilines is 1. The molecule has 1 aromatic heterocycles. The van der Waals surface area contributed by atoms with Gasteiger partial charge >= 0.3 is 0 Å². The van der Waals surface area contributed by atoms with Crippen LogP contribution in [-0.4, -0.2) is 54.1 Å².